The van der Waals surface area contributed by atoms with Gasteiger partial charge >= 0.3 is 7.12 Å². The van der Waals surface area contributed by atoms with Gasteiger partial charge in [0.05, 0.1) is 11.2 Å². The number of hydrogen-bond donors (Lipinski definition) is 1. The van der Waals surface area contributed by atoms with E-state index < -0.39 is 24.0 Å². The van der Waals surface area contributed by atoms with Crippen molar-refractivity contribution in [2.75, 3.05) is 0 Å². The third-order valence-corrected chi connectivity index (χ3v) is 4.94. The monoisotopic (exact) mass is 365 g/mol. The summed E-state index contributed by atoms with van der Waals surface area (Å²) in [4.78, 5) is 3.13. The lowest BCUT2D eigenvalue weighted by molar-refractivity contribution is 0.00578. The highest BCUT2D eigenvalue weighted by Crippen LogP contribution is 2.39. The molecule has 0 radical (unpaired) electrons. The summed E-state index contributed by atoms with van der Waals surface area (Å²) in [5.74, 6) is 0. The van der Waals surface area contributed by atoms with E-state index in [4.69, 9.17) is 9.31 Å². The van der Waals surface area contributed by atoms with Crippen LogP contribution in [-0.4, -0.2) is 23.3 Å². The van der Waals surface area contributed by atoms with Crippen LogP contribution in [0.3, 0.4) is 0 Å². The van der Waals surface area contributed by atoms with E-state index in [9.17, 15) is 4.39 Å². The predicted molar refractivity (Wildman–Crippen MR) is 91.2 cm³/mol. The minimum Gasteiger partial charge on any atom is -0.398 e. The molecule has 0 unspecified atom stereocenters. The molecule has 0 bridgehead atoms. The van der Waals surface area contributed by atoms with Crippen LogP contribution in [0.15, 0.2) is 34.6 Å². The van der Waals surface area contributed by atoms with Crippen molar-refractivity contribution in [3.8, 4) is 0 Å². The van der Waals surface area contributed by atoms with Crippen molar-refractivity contribution in [3.63, 3.8) is 0 Å². The van der Waals surface area contributed by atoms with Gasteiger partial charge in [-0.25, -0.2) is 4.39 Å². The van der Waals surface area contributed by atoms with Crippen molar-refractivity contribution in [1.29, 1.82) is 0 Å². The molecule has 1 aromatic heterocycles. The van der Waals surface area contributed by atoms with Gasteiger partial charge < -0.3 is 14.3 Å². The molecular weight excluding hydrogens is 348 g/mol. The predicted octanol–water partition coefficient (Wildman–Crippen LogP) is 4.87. The van der Waals surface area contributed by atoms with Crippen LogP contribution in [0.2, 0.25) is 0 Å². The molecule has 1 saturated heterocycles. The number of rotatable bonds is 2. The molecule has 1 aliphatic rings. The average molecular weight is 366 g/mol. The lowest BCUT2D eigenvalue weighted by Crippen LogP contribution is -2.41. The van der Waals surface area contributed by atoms with E-state index in [0.717, 1.165) is 20.9 Å². The van der Waals surface area contributed by atoms with Crippen molar-refractivity contribution in [2.24, 2.45) is 0 Å². The van der Waals surface area contributed by atoms with Crippen LogP contribution in [0.1, 0.15) is 33.3 Å². The van der Waals surface area contributed by atoms with Crippen LogP contribution in [0.4, 0.5) is 4.39 Å². The lowest BCUT2D eigenvalue weighted by Gasteiger charge is -2.32. The fourth-order valence-corrected chi connectivity index (χ4v) is 2.77. The maximum Gasteiger partial charge on any atom is 0.525 e. The summed E-state index contributed by atoms with van der Waals surface area (Å²) in [6, 6.07) is 5.83. The molecular formula is C16H18BBrFNO2. The third kappa shape index (κ3) is 2.64. The van der Waals surface area contributed by atoms with Gasteiger partial charge in [0, 0.05) is 27.1 Å². The molecule has 0 amide bonds. The first-order valence-electron chi connectivity index (χ1n) is 7.19. The smallest absolute Gasteiger partial charge is 0.398 e. The van der Waals surface area contributed by atoms with Crippen LogP contribution in [-0.2, 0) is 9.31 Å². The van der Waals surface area contributed by atoms with Gasteiger partial charge in [0.1, 0.15) is 5.73 Å². The Kier molecular flexibility index (Phi) is 3.74. The van der Waals surface area contributed by atoms with E-state index in [2.05, 4.69) is 20.9 Å². The number of H-pyrrole nitrogens is 1. The van der Waals surface area contributed by atoms with Gasteiger partial charge in [0.25, 0.3) is 0 Å². The highest BCUT2D eigenvalue weighted by Gasteiger charge is 2.53. The number of nitrogens with one attached hydrogen (secondary N) is 1. The van der Waals surface area contributed by atoms with Crippen molar-refractivity contribution in [2.45, 2.75) is 38.9 Å². The van der Waals surface area contributed by atoms with Gasteiger partial charge in [0.2, 0.25) is 0 Å². The second-order valence-electron chi connectivity index (χ2n) is 6.55. The summed E-state index contributed by atoms with van der Waals surface area (Å²) >= 11 is 3.42. The van der Waals surface area contributed by atoms with Crippen LogP contribution in [0, 0.1) is 0 Å². The molecule has 2 aromatic rings. The summed E-state index contributed by atoms with van der Waals surface area (Å²) in [6.07, 6.45) is 3.25. The Hall–Kier alpha value is -1.11. The van der Waals surface area contributed by atoms with E-state index in [1.54, 1.807) is 6.20 Å². The molecule has 22 heavy (non-hydrogen) atoms. The van der Waals surface area contributed by atoms with Crippen molar-refractivity contribution in [1.82, 2.24) is 4.98 Å². The Morgan fingerprint density at radius 3 is 2.50 bits per heavy atom. The Labute approximate surface area is 138 Å². The van der Waals surface area contributed by atoms with E-state index in [0.29, 0.717) is 0 Å². The summed E-state index contributed by atoms with van der Waals surface area (Å²) in [5.41, 5.74) is 0.196. The number of aromatic amines is 1. The number of halogens is 2. The fourth-order valence-electron chi connectivity index (χ4n) is 2.41. The highest BCUT2D eigenvalue weighted by molar-refractivity contribution is 9.10. The van der Waals surface area contributed by atoms with Gasteiger partial charge in [-0.1, -0.05) is 22.0 Å². The third-order valence-electron chi connectivity index (χ3n) is 4.45. The first kappa shape index (κ1) is 15.8. The largest absolute Gasteiger partial charge is 0.525 e. The molecule has 1 N–H and O–H groups in total. The molecule has 0 atom stereocenters. The molecule has 0 spiro atoms. The van der Waals surface area contributed by atoms with Gasteiger partial charge in [-0.05, 0) is 45.9 Å². The van der Waals surface area contributed by atoms with Crippen LogP contribution in [0.25, 0.3) is 17.0 Å². The topological polar surface area (TPSA) is 34.2 Å². The van der Waals surface area contributed by atoms with Crippen molar-refractivity contribution in [3.05, 3.63) is 40.2 Å². The van der Waals surface area contributed by atoms with Gasteiger partial charge in [-0.15, -0.1) is 0 Å². The van der Waals surface area contributed by atoms with E-state index in [1.807, 2.05) is 45.9 Å². The second kappa shape index (κ2) is 5.22. The summed E-state index contributed by atoms with van der Waals surface area (Å²) < 4.78 is 27.0. The minimum atomic E-state index is -0.967. The van der Waals surface area contributed by atoms with Crippen LogP contribution < -0.4 is 0 Å². The van der Waals surface area contributed by atoms with E-state index in [1.165, 1.54) is 6.08 Å². The first-order chi connectivity index (χ1) is 10.2. The standard InChI is InChI=1S/C16H18BBrFNO2/c1-15(2)16(3,4)22-17(21-15)14(19)7-10-9-20-13-8-11(18)5-6-12(10)13/h5-9,20H,1-4H3. The van der Waals surface area contributed by atoms with E-state index in [-0.39, 0.29) is 0 Å². The molecule has 116 valence electrons. The zero-order valence-electron chi connectivity index (χ0n) is 13.0. The quantitative estimate of drug-likeness (QED) is 0.770. The molecule has 1 aliphatic heterocycles. The average Bonchev–Trinajstić information content (AvgIpc) is 2.88. The SMILES string of the molecule is CC1(C)OB(C(F)=Cc2c[nH]c3cc(Br)ccc23)OC1(C)C. The van der Waals surface area contributed by atoms with Gasteiger partial charge in [-0.3, -0.25) is 0 Å². The number of aromatic nitrogens is 1. The molecule has 3 nitrogen and oxygen atoms in total. The minimum absolute atomic E-state index is 0.428. The lowest BCUT2D eigenvalue weighted by atomic mass is 9.87. The first-order valence-corrected chi connectivity index (χ1v) is 7.98. The normalized spacial score (nSPS) is 20.8. The Bertz CT molecular complexity index is 738. The Balaban J connectivity index is 1.91. The van der Waals surface area contributed by atoms with Gasteiger partial charge in [-0.2, -0.15) is 0 Å². The number of benzene rings is 1. The zero-order valence-corrected chi connectivity index (χ0v) is 14.6. The Morgan fingerprint density at radius 1 is 1.23 bits per heavy atom. The molecule has 0 saturated carbocycles. The van der Waals surface area contributed by atoms with E-state index >= 15 is 0 Å². The molecule has 0 aliphatic carbocycles. The Morgan fingerprint density at radius 2 is 1.86 bits per heavy atom. The zero-order chi connectivity index (χ0) is 16.1. The molecule has 2 heterocycles. The van der Waals surface area contributed by atoms with Crippen molar-refractivity contribution >= 4 is 40.0 Å². The van der Waals surface area contributed by atoms with Gasteiger partial charge in [0.15, 0.2) is 0 Å². The molecule has 6 heteroatoms. The molecule has 1 aromatic carbocycles. The second-order valence-corrected chi connectivity index (χ2v) is 7.47. The molecule has 1 fully saturated rings. The summed E-state index contributed by atoms with van der Waals surface area (Å²) in [7, 11) is -0.967. The van der Waals surface area contributed by atoms with Crippen LogP contribution in [0.5, 0.6) is 0 Å². The summed E-state index contributed by atoms with van der Waals surface area (Å²) in [6.45, 7) is 7.62. The number of fused-ring (bicyclic) bond motifs is 1. The summed E-state index contributed by atoms with van der Waals surface area (Å²) in [5, 5.41) is 0.954. The number of hydrogen-bond acceptors (Lipinski definition) is 2. The van der Waals surface area contributed by atoms with Crippen molar-refractivity contribution < 1.29 is 13.7 Å². The maximum atomic E-state index is 14.6. The fraction of sp³-hybridized carbons (Fsp3) is 0.375. The van der Waals surface area contributed by atoms with Crippen LogP contribution >= 0.6 is 15.9 Å². The molecule has 3 rings (SSSR count). The highest BCUT2D eigenvalue weighted by atomic mass is 79.9. The maximum absolute atomic E-state index is 14.6.